The standard InChI is InChI=1S/C8H17NO/c1-3-4-8-7(5-9-2)6-10-8/h7-9H,3-6H2,1-2H3. The number of hydrogen-bond acceptors (Lipinski definition) is 2. The molecule has 1 aliphatic rings. The van der Waals surface area contributed by atoms with Gasteiger partial charge in [-0.05, 0) is 13.5 Å². The highest BCUT2D eigenvalue weighted by molar-refractivity contribution is 4.79. The summed E-state index contributed by atoms with van der Waals surface area (Å²) >= 11 is 0. The average molecular weight is 143 g/mol. The van der Waals surface area contributed by atoms with Crippen molar-refractivity contribution in [1.29, 1.82) is 0 Å². The van der Waals surface area contributed by atoms with E-state index in [9.17, 15) is 0 Å². The van der Waals surface area contributed by atoms with Gasteiger partial charge in [-0.2, -0.15) is 0 Å². The zero-order valence-corrected chi connectivity index (χ0v) is 6.89. The Kier molecular flexibility index (Phi) is 3.16. The van der Waals surface area contributed by atoms with Crippen LogP contribution >= 0.6 is 0 Å². The first-order chi connectivity index (χ1) is 4.88. The molecule has 1 aliphatic heterocycles. The van der Waals surface area contributed by atoms with E-state index in [0.29, 0.717) is 6.10 Å². The van der Waals surface area contributed by atoms with Gasteiger partial charge in [0, 0.05) is 12.5 Å². The van der Waals surface area contributed by atoms with E-state index in [1.165, 1.54) is 12.8 Å². The molecular weight excluding hydrogens is 126 g/mol. The third kappa shape index (κ3) is 1.70. The highest BCUT2D eigenvalue weighted by atomic mass is 16.5. The van der Waals surface area contributed by atoms with Crippen molar-refractivity contribution in [3.63, 3.8) is 0 Å². The molecule has 60 valence electrons. The van der Waals surface area contributed by atoms with Crippen molar-refractivity contribution in [3.05, 3.63) is 0 Å². The van der Waals surface area contributed by atoms with E-state index in [-0.39, 0.29) is 0 Å². The predicted molar refractivity (Wildman–Crippen MR) is 42.1 cm³/mol. The number of hydrogen-bond donors (Lipinski definition) is 1. The first-order valence-corrected chi connectivity index (χ1v) is 4.14. The number of ether oxygens (including phenoxy) is 1. The van der Waals surface area contributed by atoms with Gasteiger partial charge in [0.05, 0.1) is 12.7 Å². The Bertz CT molecular complexity index is 83.3. The van der Waals surface area contributed by atoms with E-state index in [1.54, 1.807) is 0 Å². The molecule has 1 heterocycles. The zero-order chi connectivity index (χ0) is 7.40. The Morgan fingerprint density at radius 3 is 2.80 bits per heavy atom. The van der Waals surface area contributed by atoms with Crippen LogP contribution in [0.1, 0.15) is 19.8 Å². The van der Waals surface area contributed by atoms with Crippen molar-refractivity contribution in [2.75, 3.05) is 20.2 Å². The first kappa shape index (κ1) is 8.02. The molecular formula is C8H17NO. The molecule has 0 saturated carbocycles. The van der Waals surface area contributed by atoms with Gasteiger partial charge in [-0.25, -0.2) is 0 Å². The molecule has 2 unspecified atom stereocenters. The summed E-state index contributed by atoms with van der Waals surface area (Å²) in [6.45, 7) is 4.29. The molecule has 0 radical (unpaired) electrons. The molecule has 0 spiro atoms. The molecule has 1 N–H and O–H groups in total. The molecule has 0 aliphatic carbocycles. The molecule has 2 atom stereocenters. The third-order valence-corrected chi connectivity index (χ3v) is 2.09. The molecule has 1 saturated heterocycles. The minimum atomic E-state index is 0.553. The fraction of sp³-hybridized carbons (Fsp3) is 1.00. The normalized spacial score (nSPS) is 31.8. The van der Waals surface area contributed by atoms with Crippen molar-refractivity contribution in [1.82, 2.24) is 5.32 Å². The maximum atomic E-state index is 5.40. The summed E-state index contributed by atoms with van der Waals surface area (Å²) in [6.07, 6.45) is 3.02. The quantitative estimate of drug-likeness (QED) is 0.634. The van der Waals surface area contributed by atoms with Gasteiger partial charge in [0.2, 0.25) is 0 Å². The smallest absolute Gasteiger partial charge is 0.0637 e. The summed E-state index contributed by atoms with van der Waals surface area (Å²) in [5, 5.41) is 3.18. The lowest BCUT2D eigenvalue weighted by Gasteiger charge is -2.36. The molecule has 2 nitrogen and oxygen atoms in total. The van der Waals surface area contributed by atoms with Crippen molar-refractivity contribution in [3.8, 4) is 0 Å². The first-order valence-electron chi connectivity index (χ1n) is 4.14. The van der Waals surface area contributed by atoms with Gasteiger partial charge < -0.3 is 10.1 Å². The summed E-state index contributed by atoms with van der Waals surface area (Å²) in [5.41, 5.74) is 0. The Morgan fingerprint density at radius 1 is 1.60 bits per heavy atom. The molecule has 1 fully saturated rings. The van der Waals surface area contributed by atoms with Crippen LogP contribution in [0.2, 0.25) is 0 Å². The molecule has 0 amide bonds. The molecule has 0 aromatic heterocycles. The fourth-order valence-electron chi connectivity index (χ4n) is 1.42. The van der Waals surface area contributed by atoms with Gasteiger partial charge >= 0.3 is 0 Å². The van der Waals surface area contributed by atoms with Crippen LogP contribution in [-0.2, 0) is 4.74 Å². The van der Waals surface area contributed by atoms with Crippen molar-refractivity contribution in [2.45, 2.75) is 25.9 Å². The minimum Gasteiger partial charge on any atom is -0.377 e. The van der Waals surface area contributed by atoms with E-state index in [2.05, 4.69) is 12.2 Å². The maximum Gasteiger partial charge on any atom is 0.0637 e. The van der Waals surface area contributed by atoms with Crippen LogP contribution in [-0.4, -0.2) is 26.3 Å². The van der Waals surface area contributed by atoms with Gasteiger partial charge in [-0.15, -0.1) is 0 Å². The SMILES string of the molecule is CCCC1OCC1CNC. The molecule has 0 aromatic rings. The Morgan fingerprint density at radius 2 is 2.40 bits per heavy atom. The van der Waals surface area contributed by atoms with Gasteiger partial charge in [-0.3, -0.25) is 0 Å². The largest absolute Gasteiger partial charge is 0.377 e. The lowest BCUT2D eigenvalue weighted by atomic mass is 9.94. The third-order valence-electron chi connectivity index (χ3n) is 2.09. The van der Waals surface area contributed by atoms with Crippen molar-refractivity contribution >= 4 is 0 Å². The van der Waals surface area contributed by atoms with Crippen LogP contribution in [0.3, 0.4) is 0 Å². The highest BCUT2D eigenvalue weighted by Crippen LogP contribution is 2.23. The van der Waals surface area contributed by atoms with E-state index in [1.807, 2.05) is 7.05 Å². The molecule has 10 heavy (non-hydrogen) atoms. The summed E-state index contributed by atoms with van der Waals surface area (Å²) in [7, 11) is 2.00. The van der Waals surface area contributed by atoms with Crippen LogP contribution in [0.25, 0.3) is 0 Å². The van der Waals surface area contributed by atoms with Gasteiger partial charge in [0.15, 0.2) is 0 Å². The second-order valence-corrected chi connectivity index (χ2v) is 2.98. The van der Waals surface area contributed by atoms with E-state index in [0.717, 1.165) is 19.1 Å². The topological polar surface area (TPSA) is 21.3 Å². The molecule has 0 bridgehead atoms. The van der Waals surface area contributed by atoms with Gasteiger partial charge in [0.1, 0.15) is 0 Å². The second kappa shape index (κ2) is 3.94. The van der Waals surface area contributed by atoms with Crippen LogP contribution in [0, 0.1) is 5.92 Å². The highest BCUT2D eigenvalue weighted by Gasteiger charge is 2.29. The van der Waals surface area contributed by atoms with E-state index >= 15 is 0 Å². The van der Waals surface area contributed by atoms with Gasteiger partial charge in [0.25, 0.3) is 0 Å². The second-order valence-electron chi connectivity index (χ2n) is 2.98. The van der Waals surface area contributed by atoms with Crippen LogP contribution in [0.15, 0.2) is 0 Å². The summed E-state index contributed by atoms with van der Waals surface area (Å²) in [4.78, 5) is 0. The monoisotopic (exact) mass is 143 g/mol. The van der Waals surface area contributed by atoms with Crippen molar-refractivity contribution < 1.29 is 4.74 Å². The number of rotatable bonds is 4. The lowest BCUT2D eigenvalue weighted by Crippen LogP contribution is -2.44. The van der Waals surface area contributed by atoms with Gasteiger partial charge in [-0.1, -0.05) is 13.3 Å². The number of nitrogens with one attached hydrogen (secondary N) is 1. The zero-order valence-electron chi connectivity index (χ0n) is 6.89. The Labute approximate surface area is 63.0 Å². The van der Waals surface area contributed by atoms with Crippen LogP contribution < -0.4 is 5.32 Å². The summed E-state index contributed by atoms with van der Waals surface area (Å²) in [6, 6.07) is 0. The van der Waals surface area contributed by atoms with Crippen LogP contribution in [0.4, 0.5) is 0 Å². The molecule has 2 heteroatoms. The Hall–Kier alpha value is -0.0800. The van der Waals surface area contributed by atoms with Crippen LogP contribution in [0.5, 0.6) is 0 Å². The summed E-state index contributed by atoms with van der Waals surface area (Å²) < 4.78 is 5.40. The van der Waals surface area contributed by atoms with E-state index < -0.39 is 0 Å². The summed E-state index contributed by atoms with van der Waals surface area (Å²) in [5.74, 6) is 0.782. The maximum absolute atomic E-state index is 5.40. The predicted octanol–water partition coefficient (Wildman–Crippen LogP) is 1.02. The fourth-order valence-corrected chi connectivity index (χ4v) is 1.42. The lowest BCUT2D eigenvalue weighted by molar-refractivity contribution is -0.115. The minimum absolute atomic E-state index is 0.553. The molecule has 0 aromatic carbocycles. The average Bonchev–Trinajstić information content (AvgIpc) is 1.93. The Balaban J connectivity index is 2.09. The van der Waals surface area contributed by atoms with E-state index in [4.69, 9.17) is 4.74 Å². The van der Waals surface area contributed by atoms with Crippen molar-refractivity contribution in [2.24, 2.45) is 5.92 Å². The molecule has 1 rings (SSSR count).